The molecule has 2 aliphatic rings. The molecule has 2 fully saturated rings. The molecule has 2 saturated carbocycles. The first-order valence-corrected chi connectivity index (χ1v) is 18.6. The lowest BCUT2D eigenvalue weighted by molar-refractivity contribution is 0.156. The summed E-state index contributed by atoms with van der Waals surface area (Å²) in [7, 11) is 0. The van der Waals surface area contributed by atoms with E-state index in [0.717, 1.165) is 73.0 Å². The largest absolute Gasteiger partial charge is 0.490 e. The summed E-state index contributed by atoms with van der Waals surface area (Å²) >= 11 is 0. The molecule has 0 aromatic heterocycles. The molecular formula is C43H55F3O. The first-order valence-electron chi connectivity index (χ1n) is 18.6. The molecule has 0 amide bonds. The van der Waals surface area contributed by atoms with Gasteiger partial charge in [0, 0.05) is 5.56 Å². The molecular weight excluding hydrogens is 589 g/mol. The Kier molecular flexibility index (Phi) is 13.5. The zero-order valence-corrected chi connectivity index (χ0v) is 28.6. The Balaban J connectivity index is 1.12. The molecule has 0 atom stereocenters. The van der Waals surface area contributed by atoms with Crippen LogP contribution in [0.3, 0.4) is 0 Å². The smallest absolute Gasteiger partial charge is 0.201 e. The Bertz CT molecular complexity index is 1400. The lowest BCUT2D eigenvalue weighted by atomic mass is 9.68. The van der Waals surface area contributed by atoms with Crippen LogP contribution in [0.25, 0.3) is 22.3 Å². The minimum Gasteiger partial charge on any atom is -0.490 e. The number of unbranched alkanes of at least 4 members (excludes halogenated alkanes) is 6. The second-order valence-corrected chi connectivity index (χ2v) is 14.3. The molecule has 254 valence electrons. The molecule has 47 heavy (non-hydrogen) atoms. The quantitative estimate of drug-likeness (QED) is 0.111. The first-order chi connectivity index (χ1) is 23.0. The molecule has 2 aliphatic carbocycles. The van der Waals surface area contributed by atoms with Crippen molar-refractivity contribution in [2.24, 2.45) is 17.8 Å². The first kappa shape index (κ1) is 35.3. The van der Waals surface area contributed by atoms with Gasteiger partial charge in [0.1, 0.15) is 5.82 Å². The number of rotatable bonds is 16. The Labute approximate surface area is 282 Å². The highest BCUT2D eigenvalue weighted by Gasteiger charge is 2.32. The standard InChI is InChI=1S/C43H55F3O/c1-3-5-7-8-9-10-11-29-47-41-28-27-39(42(45)43(41)46)36-23-19-34(20-24-36)37-25-26-38(40(44)30-37)35-21-17-33(18-22-35)32-15-13-31(14-16-32)12-6-4-2/h4,19-20,23-28,30-33,35H,2-3,5-18,21-22,29H2,1H3. The summed E-state index contributed by atoms with van der Waals surface area (Å²) in [5.74, 6) is 0.768. The summed E-state index contributed by atoms with van der Waals surface area (Å²) < 4.78 is 51.0. The van der Waals surface area contributed by atoms with Gasteiger partial charge in [0.05, 0.1) is 6.61 Å². The molecule has 0 N–H and O–H groups in total. The highest BCUT2D eigenvalue weighted by molar-refractivity contribution is 5.71. The monoisotopic (exact) mass is 644 g/mol. The van der Waals surface area contributed by atoms with Crippen molar-refractivity contribution in [3.63, 3.8) is 0 Å². The van der Waals surface area contributed by atoms with Gasteiger partial charge in [-0.2, -0.15) is 4.39 Å². The SMILES string of the molecule is C=CCCC1CCC(C2CCC(c3ccc(-c4ccc(-c5ccc(OCCCCCCCCC)c(F)c5F)cc4)cc3F)CC2)CC1. The van der Waals surface area contributed by atoms with Crippen molar-refractivity contribution in [3.05, 3.63) is 90.3 Å². The summed E-state index contributed by atoms with van der Waals surface area (Å²) in [6.07, 6.45) is 22.4. The van der Waals surface area contributed by atoms with E-state index in [1.54, 1.807) is 24.3 Å². The van der Waals surface area contributed by atoms with Crippen LogP contribution < -0.4 is 4.74 Å². The molecule has 0 bridgehead atoms. The molecule has 0 aliphatic heterocycles. The predicted molar refractivity (Wildman–Crippen MR) is 190 cm³/mol. The zero-order chi connectivity index (χ0) is 33.0. The number of halogens is 3. The van der Waals surface area contributed by atoms with Gasteiger partial charge < -0.3 is 4.74 Å². The third kappa shape index (κ3) is 9.55. The Morgan fingerprint density at radius 1 is 0.681 bits per heavy atom. The number of hydrogen-bond donors (Lipinski definition) is 0. The van der Waals surface area contributed by atoms with E-state index in [4.69, 9.17) is 4.74 Å². The third-order valence-corrected chi connectivity index (χ3v) is 11.1. The van der Waals surface area contributed by atoms with Crippen molar-refractivity contribution in [2.75, 3.05) is 6.61 Å². The van der Waals surface area contributed by atoms with Crippen molar-refractivity contribution >= 4 is 0 Å². The van der Waals surface area contributed by atoms with E-state index in [0.29, 0.717) is 12.2 Å². The molecule has 5 rings (SSSR count). The molecule has 3 aromatic carbocycles. The van der Waals surface area contributed by atoms with Crippen LogP contribution in [0.2, 0.25) is 0 Å². The second kappa shape index (κ2) is 17.9. The van der Waals surface area contributed by atoms with E-state index in [1.807, 2.05) is 24.3 Å². The summed E-state index contributed by atoms with van der Waals surface area (Å²) in [5.41, 5.74) is 3.24. The molecule has 0 saturated heterocycles. The lowest BCUT2D eigenvalue weighted by Gasteiger charge is -2.38. The second-order valence-electron chi connectivity index (χ2n) is 14.3. The van der Waals surface area contributed by atoms with Gasteiger partial charge in [-0.1, -0.05) is 101 Å². The average molecular weight is 645 g/mol. The number of hydrogen-bond acceptors (Lipinski definition) is 1. The number of benzene rings is 3. The van der Waals surface area contributed by atoms with E-state index in [-0.39, 0.29) is 23.0 Å². The van der Waals surface area contributed by atoms with Crippen LogP contribution >= 0.6 is 0 Å². The summed E-state index contributed by atoms with van der Waals surface area (Å²) in [6, 6.07) is 15.9. The van der Waals surface area contributed by atoms with Crippen molar-refractivity contribution < 1.29 is 17.9 Å². The van der Waals surface area contributed by atoms with Crippen LogP contribution in [-0.2, 0) is 0 Å². The molecule has 0 unspecified atom stereocenters. The van der Waals surface area contributed by atoms with E-state index in [2.05, 4.69) is 19.6 Å². The van der Waals surface area contributed by atoms with E-state index >= 15 is 8.78 Å². The van der Waals surface area contributed by atoms with Crippen molar-refractivity contribution in [2.45, 2.75) is 122 Å². The number of ether oxygens (including phenoxy) is 1. The maximum absolute atomic E-state index is 15.5. The summed E-state index contributed by atoms with van der Waals surface area (Å²) in [4.78, 5) is 0. The average Bonchev–Trinajstić information content (AvgIpc) is 3.11. The molecule has 0 radical (unpaired) electrons. The highest BCUT2D eigenvalue weighted by atomic mass is 19.2. The van der Waals surface area contributed by atoms with Gasteiger partial charge in [-0.05, 0) is 122 Å². The lowest BCUT2D eigenvalue weighted by Crippen LogP contribution is -2.25. The summed E-state index contributed by atoms with van der Waals surface area (Å²) in [5, 5.41) is 0. The van der Waals surface area contributed by atoms with Crippen molar-refractivity contribution in [1.29, 1.82) is 0 Å². The van der Waals surface area contributed by atoms with Crippen LogP contribution in [0.5, 0.6) is 5.75 Å². The van der Waals surface area contributed by atoms with Gasteiger partial charge in [0.25, 0.3) is 0 Å². The minimum atomic E-state index is -0.951. The van der Waals surface area contributed by atoms with E-state index < -0.39 is 11.6 Å². The Morgan fingerprint density at radius 2 is 1.30 bits per heavy atom. The van der Waals surface area contributed by atoms with Crippen LogP contribution in [0.1, 0.15) is 128 Å². The maximum Gasteiger partial charge on any atom is 0.201 e. The minimum absolute atomic E-state index is 0.0417. The topological polar surface area (TPSA) is 9.23 Å². The molecule has 3 aromatic rings. The van der Waals surface area contributed by atoms with Crippen molar-refractivity contribution in [1.82, 2.24) is 0 Å². The third-order valence-electron chi connectivity index (χ3n) is 11.1. The van der Waals surface area contributed by atoms with E-state index in [1.165, 1.54) is 76.7 Å². The normalized spacial score (nSPS) is 21.4. The van der Waals surface area contributed by atoms with Gasteiger partial charge in [-0.3, -0.25) is 0 Å². The van der Waals surface area contributed by atoms with Gasteiger partial charge in [0.15, 0.2) is 11.6 Å². The summed E-state index contributed by atoms with van der Waals surface area (Å²) in [6.45, 7) is 6.46. The highest BCUT2D eigenvalue weighted by Crippen LogP contribution is 2.45. The fraction of sp³-hybridized carbons (Fsp3) is 0.535. The van der Waals surface area contributed by atoms with Crippen LogP contribution in [0.15, 0.2) is 67.3 Å². The van der Waals surface area contributed by atoms with Crippen LogP contribution in [0, 0.1) is 35.2 Å². The predicted octanol–water partition coefficient (Wildman–Crippen LogP) is 13.6. The Morgan fingerprint density at radius 3 is 1.96 bits per heavy atom. The molecule has 0 spiro atoms. The fourth-order valence-corrected chi connectivity index (χ4v) is 8.19. The van der Waals surface area contributed by atoms with Crippen molar-refractivity contribution in [3.8, 4) is 28.0 Å². The van der Waals surface area contributed by atoms with Gasteiger partial charge >= 0.3 is 0 Å². The van der Waals surface area contributed by atoms with Gasteiger partial charge in [-0.25, -0.2) is 8.78 Å². The zero-order valence-electron chi connectivity index (χ0n) is 28.6. The molecule has 0 heterocycles. The fourth-order valence-electron chi connectivity index (χ4n) is 8.19. The van der Waals surface area contributed by atoms with Crippen LogP contribution in [0.4, 0.5) is 13.2 Å². The Hall–Kier alpha value is -3.01. The van der Waals surface area contributed by atoms with Crippen LogP contribution in [-0.4, -0.2) is 6.61 Å². The van der Waals surface area contributed by atoms with E-state index in [9.17, 15) is 4.39 Å². The number of allylic oxidation sites excluding steroid dienone is 1. The molecule has 1 nitrogen and oxygen atoms in total. The maximum atomic E-state index is 15.5. The molecule has 4 heteroatoms. The van der Waals surface area contributed by atoms with Gasteiger partial charge in [0.2, 0.25) is 5.82 Å². The van der Waals surface area contributed by atoms with Gasteiger partial charge in [-0.15, -0.1) is 6.58 Å².